The van der Waals surface area contributed by atoms with Gasteiger partial charge in [-0.1, -0.05) is 17.5 Å². The average Bonchev–Trinajstić information content (AvgIpc) is 3.72. The van der Waals surface area contributed by atoms with Crippen LogP contribution in [0.25, 0.3) is 22.2 Å². The van der Waals surface area contributed by atoms with E-state index in [-0.39, 0.29) is 29.5 Å². The van der Waals surface area contributed by atoms with E-state index in [4.69, 9.17) is 50.8 Å². The highest BCUT2D eigenvalue weighted by Gasteiger charge is 2.53. The standard InChI is InChI=1S/C20H23FN10O9P2S2/c21-11-9-4-36-41(33,43)39-13-8(30-2-1-7-15(22)24-6-25-16(7)30)3-35-10(13)5-37-42(34,44)40-14(11)19(38-9)31-17-12(28-29-31)18(32)27-20(23)26-17/h1-2,6,8-11,13-14,19H,3-5H2,(H,33,43)(H,34,44)(H2,22,24,25)(H3,23,26,27,32)/t8?,9-,10-,11-,13+,14+,19-,41?,42?/m1/s1. The molecule has 3 aliphatic rings. The number of halogens is 1. The number of alkyl halides is 1. The molecule has 24 heteroatoms. The molecule has 0 saturated carbocycles. The van der Waals surface area contributed by atoms with Crippen molar-refractivity contribution in [3.05, 3.63) is 28.9 Å². The van der Waals surface area contributed by atoms with E-state index < -0.39 is 75.1 Å². The van der Waals surface area contributed by atoms with Gasteiger partial charge >= 0.3 is 13.5 Å². The summed E-state index contributed by atoms with van der Waals surface area (Å²) in [6.07, 6.45) is -5.71. The molecule has 3 fully saturated rings. The number of aromatic amines is 1. The lowest BCUT2D eigenvalue weighted by atomic mass is 10.1. The normalized spacial score (nSPS) is 36.6. The molecule has 6 N–H and O–H groups in total. The summed E-state index contributed by atoms with van der Waals surface area (Å²) in [5.41, 5.74) is 11.0. The van der Waals surface area contributed by atoms with Crippen molar-refractivity contribution in [2.24, 2.45) is 0 Å². The molecule has 236 valence electrons. The topological polar surface area (TPSA) is 252 Å². The number of nitrogens with one attached hydrogen (secondary N) is 1. The summed E-state index contributed by atoms with van der Waals surface area (Å²) < 4.78 is 66.2. The average molecular weight is 693 g/mol. The van der Waals surface area contributed by atoms with Gasteiger partial charge in [0.15, 0.2) is 23.6 Å². The molecule has 0 radical (unpaired) electrons. The molecule has 3 unspecified atom stereocenters. The van der Waals surface area contributed by atoms with Crippen LogP contribution in [0.3, 0.4) is 0 Å². The molecule has 3 saturated heterocycles. The van der Waals surface area contributed by atoms with E-state index >= 15 is 4.39 Å². The summed E-state index contributed by atoms with van der Waals surface area (Å²) in [6.45, 7) is -9.49. The molecule has 0 aliphatic carbocycles. The highest BCUT2D eigenvalue weighted by molar-refractivity contribution is 8.44. The molecule has 7 rings (SSSR count). The van der Waals surface area contributed by atoms with Gasteiger partial charge in [0.2, 0.25) is 5.95 Å². The van der Waals surface area contributed by atoms with Gasteiger partial charge in [-0.3, -0.25) is 18.8 Å². The molecule has 9 atom stereocenters. The highest BCUT2D eigenvalue weighted by atomic mass is 32.7. The Bertz CT molecular complexity index is 1910. The van der Waals surface area contributed by atoms with Gasteiger partial charge < -0.3 is 39.4 Å². The van der Waals surface area contributed by atoms with Crippen LogP contribution in [-0.4, -0.2) is 94.8 Å². The van der Waals surface area contributed by atoms with Crippen molar-refractivity contribution < 1.29 is 41.4 Å². The van der Waals surface area contributed by atoms with Crippen molar-refractivity contribution in [2.45, 2.75) is 42.9 Å². The molecule has 0 spiro atoms. The Kier molecular flexibility index (Phi) is 7.53. The van der Waals surface area contributed by atoms with Gasteiger partial charge in [0.05, 0.1) is 31.2 Å². The molecular formula is C20H23FN10O9P2S2. The van der Waals surface area contributed by atoms with Gasteiger partial charge in [-0.05, 0) is 17.9 Å². The largest absolute Gasteiger partial charge is 0.386 e. The summed E-state index contributed by atoms with van der Waals surface area (Å²) in [6, 6.07) is 1.08. The van der Waals surface area contributed by atoms with E-state index in [1.807, 2.05) is 0 Å². The molecule has 19 nitrogen and oxygen atoms in total. The van der Waals surface area contributed by atoms with Crippen molar-refractivity contribution in [3.63, 3.8) is 0 Å². The summed E-state index contributed by atoms with van der Waals surface area (Å²) in [4.78, 5) is 37.9. The second-order valence-electron chi connectivity index (χ2n) is 9.99. The van der Waals surface area contributed by atoms with Crippen LogP contribution in [0.2, 0.25) is 0 Å². The summed E-state index contributed by atoms with van der Waals surface area (Å²) in [5, 5.41) is 8.18. The molecular weight excluding hydrogens is 669 g/mol. The minimum absolute atomic E-state index is 0.0388. The number of nitrogens with two attached hydrogens (primary N) is 2. The van der Waals surface area contributed by atoms with Crippen LogP contribution in [0.5, 0.6) is 0 Å². The third-order valence-corrected chi connectivity index (χ3v) is 10.5. The fraction of sp³-hybridized carbons (Fsp3) is 0.500. The van der Waals surface area contributed by atoms with Crippen LogP contribution < -0.4 is 17.0 Å². The molecule has 4 aromatic rings. The quantitative estimate of drug-likeness (QED) is 0.141. The predicted octanol–water partition coefficient (Wildman–Crippen LogP) is 0.371. The fourth-order valence-corrected chi connectivity index (χ4v) is 8.22. The zero-order chi connectivity index (χ0) is 31.0. The van der Waals surface area contributed by atoms with Crippen molar-refractivity contribution in [1.82, 2.24) is 39.5 Å². The van der Waals surface area contributed by atoms with Crippen molar-refractivity contribution in [2.75, 3.05) is 31.3 Å². The number of H-pyrrole nitrogens is 1. The van der Waals surface area contributed by atoms with E-state index in [0.717, 1.165) is 4.68 Å². The van der Waals surface area contributed by atoms with E-state index in [9.17, 15) is 14.3 Å². The lowest BCUT2D eigenvalue weighted by molar-refractivity contribution is -0.0574. The van der Waals surface area contributed by atoms with Crippen LogP contribution in [-0.2, 0) is 43.9 Å². The van der Waals surface area contributed by atoms with Gasteiger partial charge in [-0.25, -0.2) is 18.9 Å². The van der Waals surface area contributed by atoms with Crippen LogP contribution in [0, 0.1) is 0 Å². The number of nitrogen functional groups attached to an aromatic ring is 2. The first-order chi connectivity index (χ1) is 20.9. The Morgan fingerprint density at radius 2 is 1.93 bits per heavy atom. The number of rotatable bonds is 2. The Morgan fingerprint density at radius 1 is 1.14 bits per heavy atom. The van der Waals surface area contributed by atoms with E-state index in [2.05, 4.69) is 42.5 Å². The van der Waals surface area contributed by atoms with E-state index in [0.29, 0.717) is 11.0 Å². The molecule has 7 heterocycles. The molecule has 4 aromatic heterocycles. The first kappa shape index (κ1) is 30.1. The molecule has 0 amide bonds. The lowest BCUT2D eigenvalue weighted by Crippen LogP contribution is -2.34. The monoisotopic (exact) mass is 692 g/mol. The maximum absolute atomic E-state index is 15.9. The number of hydrogen-bond acceptors (Lipinski definition) is 16. The number of aromatic nitrogens is 8. The Hall–Kier alpha value is -2.62. The second-order valence-corrected chi connectivity index (χ2v) is 15.7. The maximum atomic E-state index is 15.9. The number of hydrogen-bond donors (Lipinski definition) is 5. The number of ether oxygens (including phenoxy) is 2. The van der Waals surface area contributed by atoms with Crippen LogP contribution >= 0.6 is 25.8 Å². The first-order valence-electron chi connectivity index (χ1n) is 12.8. The summed E-state index contributed by atoms with van der Waals surface area (Å²) in [7, 11) is 0. The Labute approximate surface area is 255 Å². The van der Waals surface area contributed by atoms with Crippen LogP contribution in [0.1, 0.15) is 12.3 Å². The van der Waals surface area contributed by atoms with Crippen molar-refractivity contribution >= 4 is 71.5 Å². The van der Waals surface area contributed by atoms with Crippen molar-refractivity contribution in [1.29, 1.82) is 0 Å². The zero-order valence-electron chi connectivity index (χ0n) is 22.0. The number of anilines is 2. The first-order valence-corrected chi connectivity index (χ1v) is 18.1. The fourth-order valence-electron chi connectivity index (χ4n) is 5.31. The van der Waals surface area contributed by atoms with Gasteiger partial charge in [0.1, 0.15) is 42.2 Å². The predicted molar refractivity (Wildman–Crippen MR) is 155 cm³/mol. The molecule has 2 bridgehead atoms. The Balaban J connectivity index is 1.21. The molecule has 3 aliphatic heterocycles. The number of fused-ring (bicyclic) bond motifs is 5. The summed E-state index contributed by atoms with van der Waals surface area (Å²) >= 11 is 9.34. The van der Waals surface area contributed by atoms with Crippen molar-refractivity contribution in [3.8, 4) is 0 Å². The number of thiol groups is 1. The smallest absolute Gasteiger partial charge is 0.383 e. The summed E-state index contributed by atoms with van der Waals surface area (Å²) in [5.74, 6) is -0.0128. The minimum atomic E-state index is -4.36. The van der Waals surface area contributed by atoms with Gasteiger partial charge in [-0.2, -0.15) is 9.67 Å². The van der Waals surface area contributed by atoms with E-state index in [1.165, 1.54) is 6.33 Å². The van der Waals surface area contributed by atoms with Crippen LogP contribution in [0.4, 0.5) is 16.2 Å². The number of nitrogens with zero attached hydrogens (tertiary/aromatic N) is 7. The molecule has 44 heavy (non-hydrogen) atoms. The SMILES string of the molecule is Nc1nc2c(nnn2[C@@H]2O[C@@H]3COP(O)(=S)O[C@H]4C(n5ccc6c(N)ncnc65)CO[C@@H]4COP(=O)(S)O[C@H]2[C@@H]3F)c(=O)[nH]1. The second kappa shape index (κ2) is 11.0. The minimum Gasteiger partial charge on any atom is -0.383 e. The lowest BCUT2D eigenvalue weighted by Gasteiger charge is -2.29. The van der Waals surface area contributed by atoms with Gasteiger partial charge in [0, 0.05) is 6.20 Å². The Morgan fingerprint density at radius 3 is 2.75 bits per heavy atom. The van der Waals surface area contributed by atoms with E-state index in [1.54, 1.807) is 16.8 Å². The third kappa shape index (κ3) is 5.32. The zero-order valence-corrected chi connectivity index (χ0v) is 25.5. The maximum Gasteiger partial charge on any atom is 0.386 e. The van der Waals surface area contributed by atoms with Gasteiger partial charge in [-0.15, -0.1) is 5.10 Å². The highest BCUT2D eigenvalue weighted by Crippen LogP contribution is 2.58. The van der Waals surface area contributed by atoms with Gasteiger partial charge in [0.25, 0.3) is 5.56 Å². The van der Waals surface area contributed by atoms with Crippen LogP contribution in [0.15, 0.2) is 23.4 Å². The third-order valence-electron chi connectivity index (χ3n) is 7.30. The molecule has 0 aromatic carbocycles.